The number of carbonyl (C=O) groups is 3. The van der Waals surface area contributed by atoms with Crippen LogP contribution in [0.5, 0.6) is 5.75 Å². The van der Waals surface area contributed by atoms with Crippen LogP contribution >= 0.6 is 0 Å². The number of hydrogen-bond acceptors (Lipinski definition) is 6. The van der Waals surface area contributed by atoms with Gasteiger partial charge in [0.2, 0.25) is 17.7 Å². The molecule has 9 nitrogen and oxygen atoms in total. The fourth-order valence-electron chi connectivity index (χ4n) is 4.89. The third-order valence-electron chi connectivity index (χ3n) is 6.33. The van der Waals surface area contributed by atoms with E-state index in [0.29, 0.717) is 6.54 Å². The van der Waals surface area contributed by atoms with Crippen LogP contribution in [0, 0.1) is 11.8 Å². The molecule has 2 bridgehead atoms. The predicted octanol–water partition coefficient (Wildman–Crippen LogP) is -0.146. The van der Waals surface area contributed by atoms with Crippen LogP contribution in [0.3, 0.4) is 0 Å². The molecule has 0 aromatic heterocycles. The fourth-order valence-corrected chi connectivity index (χ4v) is 4.89. The first-order chi connectivity index (χ1) is 15.0. The van der Waals surface area contributed by atoms with Crippen molar-refractivity contribution in [2.24, 2.45) is 11.8 Å². The molecule has 1 spiro atoms. The van der Waals surface area contributed by atoms with Crippen LogP contribution in [0.25, 0.3) is 0 Å². The summed E-state index contributed by atoms with van der Waals surface area (Å²) in [4.78, 5) is 40.7. The number of nitrogens with one attached hydrogen (secondary N) is 2. The van der Waals surface area contributed by atoms with E-state index in [2.05, 4.69) is 10.6 Å². The van der Waals surface area contributed by atoms with Crippen molar-refractivity contribution in [3.63, 3.8) is 0 Å². The molecule has 1 aromatic rings. The van der Waals surface area contributed by atoms with Crippen molar-refractivity contribution in [1.29, 1.82) is 0 Å². The first kappa shape index (κ1) is 21.3. The Bertz CT molecular complexity index is 901. The number of rotatable bonds is 8. The van der Waals surface area contributed by atoms with Gasteiger partial charge in [-0.1, -0.05) is 24.3 Å². The highest BCUT2D eigenvalue weighted by Gasteiger charge is 2.72. The molecule has 0 saturated carbocycles. The first-order valence-corrected chi connectivity index (χ1v) is 10.3. The average Bonchev–Trinajstić information content (AvgIpc) is 3.43. The maximum atomic E-state index is 13.4. The van der Waals surface area contributed by atoms with E-state index in [9.17, 15) is 14.4 Å². The SMILES string of the molecule is CNC(=O)[C@@H]1[C@H]2C=C[C@]3(O2)[C@H](C(=O)NCc2ccc(OC)cc2)N(CCOC)C(=O)[C@@H]13. The second-order valence-electron chi connectivity index (χ2n) is 7.91. The molecule has 166 valence electrons. The number of fused-ring (bicyclic) bond motifs is 1. The van der Waals surface area contributed by atoms with Crippen molar-refractivity contribution < 1.29 is 28.6 Å². The molecule has 2 saturated heterocycles. The molecule has 2 fully saturated rings. The van der Waals surface area contributed by atoms with Crippen LogP contribution in [0.4, 0.5) is 0 Å². The molecular formula is C22H27N3O6. The van der Waals surface area contributed by atoms with Gasteiger partial charge in [0, 0.05) is 27.2 Å². The van der Waals surface area contributed by atoms with Crippen molar-refractivity contribution >= 4 is 17.7 Å². The molecule has 2 N–H and O–H groups in total. The molecule has 3 amide bonds. The van der Waals surface area contributed by atoms with Gasteiger partial charge in [-0.2, -0.15) is 0 Å². The fraction of sp³-hybridized carbons (Fsp3) is 0.500. The van der Waals surface area contributed by atoms with Gasteiger partial charge in [-0.25, -0.2) is 0 Å². The van der Waals surface area contributed by atoms with Gasteiger partial charge in [0.25, 0.3) is 0 Å². The van der Waals surface area contributed by atoms with Gasteiger partial charge in [0.1, 0.15) is 17.4 Å². The van der Waals surface area contributed by atoms with Gasteiger partial charge in [0.05, 0.1) is 31.7 Å². The van der Waals surface area contributed by atoms with Crippen molar-refractivity contribution in [2.45, 2.75) is 24.3 Å². The van der Waals surface area contributed by atoms with E-state index in [1.165, 1.54) is 19.1 Å². The number of hydrogen-bond donors (Lipinski definition) is 2. The summed E-state index contributed by atoms with van der Waals surface area (Å²) in [5.74, 6) is -1.53. The molecule has 1 aromatic carbocycles. The van der Waals surface area contributed by atoms with Gasteiger partial charge in [-0.3, -0.25) is 14.4 Å². The van der Waals surface area contributed by atoms with Crippen LogP contribution in [0.1, 0.15) is 5.56 Å². The van der Waals surface area contributed by atoms with E-state index in [-0.39, 0.29) is 30.9 Å². The van der Waals surface area contributed by atoms with Crippen molar-refractivity contribution in [2.75, 3.05) is 34.4 Å². The van der Waals surface area contributed by atoms with Crippen molar-refractivity contribution in [1.82, 2.24) is 15.5 Å². The van der Waals surface area contributed by atoms with Crippen LogP contribution in [-0.4, -0.2) is 74.8 Å². The lowest BCUT2D eigenvalue weighted by atomic mass is 9.74. The topological polar surface area (TPSA) is 106 Å². The highest BCUT2D eigenvalue weighted by atomic mass is 16.5. The summed E-state index contributed by atoms with van der Waals surface area (Å²) >= 11 is 0. The van der Waals surface area contributed by atoms with Gasteiger partial charge >= 0.3 is 0 Å². The average molecular weight is 429 g/mol. The van der Waals surface area contributed by atoms with E-state index in [0.717, 1.165) is 11.3 Å². The first-order valence-electron chi connectivity index (χ1n) is 10.3. The smallest absolute Gasteiger partial charge is 0.246 e. The molecule has 3 aliphatic heterocycles. The van der Waals surface area contributed by atoms with Crippen LogP contribution < -0.4 is 15.4 Å². The van der Waals surface area contributed by atoms with E-state index < -0.39 is 29.6 Å². The van der Waals surface area contributed by atoms with Crippen LogP contribution in [0.2, 0.25) is 0 Å². The standard InChI is InChI=1S/C22H27N3O6/c1-23-19(26)16-15-8-9-22(31-15)17(16)21(28)25(10-11-29-2)18(22)20(27)24-12-13-4-6-14(30-3)7-5-13/h4-9,15-18H,10-12H2,1-3H3,(H,23,26)(H,24,27)/t15-,16-,17-,18+,22-/m1/s1. The summed E-state index contributed by atoms with van der Waals surface area (Å²) in [6.45, 7) is 0.795. The molecule has 9 heteroatoms. The molecule has 0 radical (unpaired) electrons. The highest BCUT2D eigenvalue weighted by molar-refractivity contribution is 5.99. The molecule has 4 rings (SSSR count). The Morgan fingerprint density at radius 2 is 1.94 bits per heavy atom. The van der Waals surface area contributed by atoms with Gasteiger partial charge in [-0.05, 0) is 17.7 Å². The Labute approximate surface area is 180 Å². The number of benzene rings is 1. The number of nitrogens with zero attached hydrogens (tertiary/aromatic N) is 1. The monoisotopic (exact) mass is 429 g/mol. The minimum atomic E-state index is -1.16. The van der Waals surface area contributed by atoms with E-state index in [1.807, 2.05) is 24.3 Å². The van der Waals surface area contributed by atoms with Gasteiger partial charge in [0.15, 0.2) is 0 Å². The van der Waals surface area contributed by atoms with Crippen LogP contribution in [-0.2, 0) is 30.4 Å². The predicted molar refractivity (Wildman–Crippen MR) is 110 cm³/mol. The Morgan fingerprint density at radius 3 is 2.58 bits per heavy atom. The van der Waals surface area contributed by atoms with E-state index in [1.54, 1.807) is 19.3 Å². The lowest BCUT2D eigenvalue weighted by molar-refractivity contribution is -0.142. The zero-order valence-corrected chi connectivity index (χ0v) is 17.8. The van der Waals surface area contributed by atoms with Gasteiger partial charge in [-0.15, -0.1) is 0 Å². The lowest BCUT2D eigenvalue weighted by Gasteiger charge is -2.32. The Kier molecular flexibility index (Phi) is 5.72. The molecule has 0 aliphatic carbocycles. The normalized spacial score (nSPS) is 30.4. The minimum Gasteiger partial charge on any atom is -0.497 e. The number of likely N-dealkylation sites (tertiary alicyclic amines) is 1. The lowest BCUT2D eigenvalue weighted by Crippen LogP contribution is -2.55. The zero-order valence-electron chi connectivity index (χ0n) is 17.8. The Hall–Kier alpha value is -2.91. The summed E-state index contributed by atoms with van der Waals surface area (Å²) in [6, 6.07) is 6.48. The van der Waals surface area contributed by atoms with Crippen molar-refractivity contribution in [3.05, 3.63) is 42.0 Å². The number of carbonyl (C=O) groups excluding carboxylic acids is 3. The Balaban J connectivity index is 1.59. The van der Waals surface area contributed by atoms with E-state index >= 15 is 0 Å². The second-order valence-corrected chi connectivity index (χ2v) is 7.91. The molecule has 3 heterocycles. The number of ether oxygens (including phenoxy) is 3. The summed E-state index contributed by atoms with van der Waals surface area (Å²) in [6.07, 6.45) is 3.05. The Morgan fingerprint density at radius 1 is 1.19 bits per heavy atom. The van der Waals surface area contributed by atoms with Gasteiger partial charge < -0.3 is 29.7 Å². The number of methoxy groups -OCH3 is 2. The summed E-state index contributed by atoms with van der Waals surface area (Å²) < 4.78 is 16.5. The van der Waals surface area contributed by atoms with Crippen LogP contribution in [0.15, 0.2) is 36.4 Å². The third kappa shape index (κ3) is 3.37. The highest BCUT2D eigenvalue weighted by Crippen LogP contribution is 2.54. The summed E-state index contributed by atoms with van der Waals surface area (Å²) in [5.41, 5.74) is -0.261. The van der Waals surface area contributed by atoms with Crippen molar-refractivity contribution in [3.8, 4) is 5.75 Å². The van der Waals surface area contributed by atoms with E-state index in [4.69, 9.17) is 14.2 Å². The zero-order chi connectivity index (χ0) is 22.2. The largest absolute Gasteiger partial charge is 0.497 e. The third-order valence-corrected chi connectivity index (χ3v) is 6.33. The molecule has 3 aliphatic rings. The maximum absolute atomic E-state index is 13.4. The summed E-state index contributed by atoms with van der Waals surface area (Å²) in [7, 11) is 4.66. The number of amides is 3. The molecule has 0 unspecified atom stereocenters. The summed E-state index contributed by atoms with van der Waals surface area (Å²) in [5, 5.41) is 5.55. The molecule has 5 atom stereocenters. The molecular weight excluding hydrogens is 402 g/mol. The minimum absolute atomic E-state index is 0.233. The maximum Gasteiger partial charge on any atom is 0.246 e. The molecule has 31 heavy (non-hydrogen) atoms. The second kappa shape index (κ2) is 8.32. The quantitative estimate of drug-likeness (QED) is 0.557.